The highest BCUT2D eigenvalue weighted by atomic mass is 79.9. The molecule has 0 saturated carbocycles. The zero-order valence-corrected chi connectivity index (χ0v) is 12.0. The SMILES string of the molecule is Cc1cc(F)c(Br)cc1NC(=O)c1ccc(O)c(O)c1. The highest BCUT2D eigenvalue weighted by Gasteiger charge is 2.12. The Labute approximate surface area is 123 Å². The van der Waals surface area contributed by atoms with Crippen LogP contribution in [0.2, 0.25) is 0 Å². The number of aromatic hydroxyl groups is 2. The maximum Gasteiger partial charge on any atom is 0.255 e. The third-order valence-electron chi connectivity index (χ3n) is 2.75. The number of amides is 1. The first kappa shape index (κ1) is 14.3. The van der Waals surface area contributed by atoms with Gasteiger partial charge in [-0.1, -0.05) is 0 Å². The molecule has 4 nitrogen and oxygen atoms in total. The van der Waals surface area contributed by atoms with Crippen LogP contribution < -0.4 is 5.32 Å². The number of phenolic OH excluding ortho intramolecular Hbond substituents is 2. The molecule has 0 atom stereocenters. The molecule has 104 valence electrons. The van der Waals surface area contributed by atoms with Crippen molar-refractivity contribution in [3.05, 3.63) is 51.7 Å². The van der Waals surface area contributed by atoms with E-state index < -0.39 is 11.7 Å². The van der Waals surface area contributed by atoms with Gasteiger partial charge in [0.1, 0.15) is 5.82 Å². The minimum atomic E-state index is -0.470. The molecular weight excluding hydrogens is 329 g/mol. The van der Waals surface area contributed by atoms with Gasteiger partial charge >= 0.3 is 0 Å². The van der Waals surface area contributed by atoms with E-state index in [0.717, 1.165) is 6.07 Å². The lowest BCUT2D eigenvalue weighted by atomic mass is 10.1. The Balaban J connectivity index is 2.27. The quantitative estimate of drug-likeness (QED) is 0.732. The molecule has 0 radical (unpaired) electrons. The maximum absolute atomic E-state index is 13.3. The van der Waals surface area contributed by atoms with Gasteiger partial charge in [-0.05, 0) is 58.7 Å². The van der Waals surface area contributed by atoms with Crippen LogP contribution in [-0.4, -0.2) is 16.1 Å². The fourth-order valence-corrected chi connectivity index (χ4v) is 1.98. The normalized spacial score (nSPS) is 10.3. The summed E-state index contributed by atoms with van der Waals surface area (Å²) in [5.74, 6) is -1.57. The molecule has 0 heterocycles. The number of carbonyl (C=O) groups excluding carboxylic acids is 1. The number of halogens is 2. The van der Waals surface area contributed by atoms with Gasteiger partial charge in [-0.2, -0.15) is 0 Å². The first-order valence-corrected chi connectivity index (χ1v) is 6.47. The monoisotopic (exact) mass is 339 g/mol. The van der Waals surface area contributed by atoms with E-state index in [1.165, 1.54) is 24.3 Å². The number of phenols is 2. The lowest BCUT2D eigenvalue weighted by Gasteiger charge is -2.10. The van der Waals surface area contributed by atoms with Crippen LogP contribution in [0.25, 0.3) is 0 Å². The van der Waals surface area contributed by atoms with Crippen molar-refractivity contribution < 1.29 is 19.4 Å². The van der Waals surface area contributed by atoms with Gasteiger partial charge in [0.15, 0.2) is 11.5 Å². The Morgan fingerprint density at radius 2 is 1.90 bits per heavy atom. The highest BCUT2D eigenvalue weighted by molar-refractivity contribution is 9.10. The predicted molar refractivity (Wildman–Crippen MR) is 76.6 cm³/mol. The molecule has 0 aliphatic rings. The Bertz CT molecular complexity index is 688. The summed E-state index contributed by atoms with van der Waals surface area (Å²) in [6.07, 6.45) is 0. The van der Waals surface area contributed by atoms with Crippen molar-refractivity contribution in [3.63, 3.8) is 0 Å². The number of nitrogens with one attached hydrogen (secondary N) is 1. The first-order chi connectivity index (χ1) is 9.38. The van der Waals surface area contributed by atoms with Crippen molar-refractivity contribution in [2.75, 3.05) is 5.32 Å². The van der Waals surface area contributed by atoms with Gasteiger partial charge < -0.3 is 15.5 Å². The van der Waals surface area contributed by atoms with Crippen molar-refractivity contribution in [2.24, 2.45) is 0 Å². The fraction of sp³-hybridized carbons (Fsp3) is 0.0714. The lowest BCUT2D eigenvalue weighted by Crippen LogP contribution is -2.12. The fourth-order valence-electron chi connectivity index (χ4n) is 1.64. The van der Waals surface area contributed by atoms with E-state index in [1.54, 1.807) is 6.92 Å². The molecule has 0 saturated heterocycles. The predicted octanol–water partition coefficient (Wildman–Crippen LogP) is 3.56. The summed E-state index contributed by atoms with van der Waals surface area (Å²) in [5.41, 5.74) is 1.21. The number of hydrogen-bond acceptors (Lipinski definition) is 3. The minimum absolute atomic E-state index is 0.181. The van der Waals surface area contributed by atoms with Gasteiger partial charge in [0.2, 0.25) is 0 Å². The third-order valence-corrected chi connectivity index (χ3v) is 3.36. The van der Waals surface area contributed by atoms with Crippen LogP contribution in [0.15, 0.2) is 34.8 Å². The van der Waals surface area contributed by atoms with Gasteiger partial charge in [-0.25, -0.2) is 4.39 Å². The van der Waals surface area contributed by atoms with Gasteiger partial charge in [-0.15, -0.1) is 0 Å². The van der Waals surface area contributed by atoms with Crippen LogP contribution in [0.3, 0.4) is 0 Å². The summed E-state index contributed by atoms with van der Waals surface area (Å²) in [4.78, 5) is 12.0. The smallest absolute Gasteiger partial charge is 0.255 e. The number of carbonyl (C=O) groups is 1. The second kappa shape index (κ2) is 5.50. The van der Waals surface area contributed by atoms with Crippen molar-refractivity contribution >= 4 is 27.5 Å². The number of anilines is 1. The molecule has 0 fully saturated rings. The summed E-state index contributed by atoms with van der Waals surface area (Å²) in [6, 6.07) is 6.51. The van der Waals surface area contributed by atoms with E-state index >= 15 is 0 Å². The highest BCUT2D eigenvalue weighted by Crippen LogP contribution is 2.27. The molecule has 6 heteroatoms. The molecule has 0 aromatic heterocycles. The largest absolute Gasteiger partial charge is 0.504 e. The molecule has 0 aliphatic carbocycles. The molecule has 0 bridgehead atoms. The van der Waals surface area contributed by atoms with Crippen molar-refractivity contribution in [1.82, 2.24) is 0 Å². The van der Waals surface area contributed by atoms with Gasteiger partial charge in [0.05, 0.1) is 4.47 Å². The third kappa shape index (κ3) is 2.91. The van der Waals surface area contributed by atoms with E-state index in [9.17, 15) is 19.4 Å². The topological polar surface area (TPSA) is 69.6 Å². The van der Waals surface area contributed by atoms with Gasteiger partial charge in [-0.3, -0.25) is 4.79 Å². The molecule has 2 rings (SSSR count). The van der Waals surface area contributed by atoms with Crippen molar-refractivity contribution in [3.8, 4) is 11.5 Å². The molecule has 2 aromatic carbocycles. The van der Waals surface area contributed by atoms with E-state index in [1.807, 2.05) is 0 Å². The summed E-state index contributed by atoms with van der Waals surface area (Å²) < 4.78 is 13.5. The van der Waals surface area contributed by atoms with Crippen molar-refractivity contribution in [2.45, 2.75) is 6.92 Å². The number of benzene rings is 2. The average Bonchev–Trinajstić information content (AvgIpc) is 2.39. The van der Waals surface area contributed by atoms with Crippen LogP contribution in [0.4, 0.5) is 10.1 Å². The van der Waals surface area contributed by atoms with Crippen LogP contribution in [0.5, 0.6) is 11.5 Å². The van der Waals surface area contributed by atoms with E-state index in [4.69, 9.17) is 0 Å². The van der Waals surface area contributed by atoms with E-state index in [0.29, 0.717) is 11.3 Å². The van der Waals surface area contributed by atoms with E-state index in [-0.39, 0.29) is 21.5 Å². The number of aryl methyl sites for hydroxylation is 1. The molecular formula is C14H11BrFNO3. The van der Waals surface area contributed by atoms with Crippen LogP contribution in [-0.2, 0) is 0 Å². The summed E-state index contributed by atoms with van der Waals surface area (Å²) in [7, 11) is 0. The maximum atomic E-state index is 13.3. The summed E-state index contributed by atoms with van der Waals surface area (Å²) in [6.45, 7) is 1.67. The zero-order valence-electron chi connectivity index (χ0n) is 10.4. The Morgan fingerprint density at radius 3 is 2.55 bits per heavy atom. The zero-order chi connectivity index (χ0) is 14.9. The first-order valence-electron chi connectivity index (χ1n) is 5.67. The lowest BCUT2D eigenvalue weighted by molar-refractivity contribution is 0.102. The molecule has 0 unspecified atom stereocenters. The summed E-state index contributed by atoms with van der Waals surface area (Å²) >= 11 is 3.05. The molecule has 0 spiro atoms. The Kier molecular flexibility index (Phi) is 3.94. The second-order valence-electron chi connectivity index (χ2n) is 4.24. The van der Waals surface area contributed by atoms with Gasteiger partial charge in [0, 0.05) is 11.3 Å². The summed E-state index contributed by atoms with van der Waals surface area (Å²) in [5, 5.41) is 21.2. The Morgan fingerprint density at radius 1 is 1.20 bits per heavy atom. The molecule has 3 N–H and O–H groups in total. The average molecular weight is 340 g/mol. The standard InChI is InChI=1S/C14H11BrFNO3/c1-7-4-10(16)9(15)6-11(7)17-14(20)8-2-3-12(18)13(19)5-8/h2-6,18-19H,1H3,(H,17,20). The molecule has 1 amide bonds. The van der Waals surface area contributed by atoms with Crippen LogP contribution >= 0.6 is 15.9 Å². The van der Waals surface area contributed by atoms with Gasteiger partial charge in [0.25, 0.3) is 5.91 Å². The second-order valence-corrected chi connectivity index (χ2v) is 5.09. The van der Waals surface area contributed by atoms with Crippen LogP contribution in [0.1, 0.15) is 15.9 Å². The molecule has 2 aromatic rings. The Hall–Kier alpha value is -2.08. The molecule has 20 heavy (non-hydrogen) atoms. The van der Waals surface area contributed by atoms with E-state index in [2.05, 4.69) is 21.2 Å². The number of hydrogen-bond donors (Lipinski definition) is 3. The van der Waals surface area contributed by atoms with Crippen LogP contribution in [0, 0.1) is 12.7 Å². The molecule has 0 aliphatic heterocycles. The van der Waals surface area contributed by atoms with Crippen molar-refractivity contribution in [1.29, 1.82) is 0 Å². The minimum Gasteiger partial charge on any atom is -0.504 e. The number of rotatable bonds is 2.